The van der Waals surface area contributed by atoms with E-state index in [1.807, 2.05) is 53.4 Å². The van der Waals surface area contributed by atoms with E-state index in [9.17, 15) is 19.8 Å². The second-order valence-corrected chi connectivity index (χ2v) is 18.8. The van der Waals surface area contributed by atoms with Crippen molar-refractivity contribution in [3.8, 4) is 17.2 Å². The first kappa shape index (κ1) is 52.4. The van der Waals surface area contributed by atoms with Crippen molar-refractivity contribution in [1.29, 1.82) is 0 Å². The molecule has 370 valence electrons. The third-order valence-corrected chi connectivity index (χ3v) is 13.9. The molecule has 1 heterocycles. The number of benzene rings is 3. The van der Waals surface area contributed by atoms with Gasteiger partial charge in [0.25, 0.3) is 0 Å². The van der Waals surface area contributed by atoms with E-state index in [4.69, 9.17) is 28.9 Å². The number of aliphatic hydroxyl groups is 2. The van der Waals surface area contributed by atoms with Crippen molar-refractivity contribution in [2.75, 3.05) is 33.0 Å². The number of aliphatic hydroxyl groups excluding tert-OH is 2. The third-order valence-electron chi connectivity index (χ3n) is 13.9. The molecule has 3 aromatic carbocycles. The zero-order chi connectivity index (χ0) is 48.0. The maximum Gasteiger partial charge on any atom is 0.410 e. The van der Waals surface area contributed by atoms with E-state index in [1.54, 1.807) is 24.3 Å². The van der Waals surface area contributed by atoms with Gasteiger partial charge in [0.05, 0.1) is 24.8 Å². The van der Waals surface area contributed by atoms with Crippen LogP contribution in [0.4, 0.5) is 4.79 Å². The summed E-state index contributed by atoms with van der Waals surface area (Å²) in [6.07, 6.45) is 21.9. The Morgan fingerprint density at radius 1 is 0.838 bits per heavy atom. The molecule has 1 amide bonds. The lowest BCUT2D eigenvalue weighted by molar-refractivity contribution is -0.255. The second kappa shape index (κ2) is 27.9. The van der Waals surface area contributed by atoms with Crippen molar-refractivity contribution in [2.45, 2.75) is 154 Å². The van der Waals surface area contributed by atoms with E-state index in [2.05, 4.69) is 32.6 Å². The number of hydrogen-bond acceptors (Lipinski definition) is 10. The van der Waals surface area contributed by atoms with Crippen LogP contribution in [-0.2, 0) is 20.9 Å². The average Bonchev–Trinajstić information content (AvgIpc) is 3.36. The van der Waals surface area contributed by atoms with Gasteiger partial charge in [-0.3, -0.25) is 9.69 Å². The number of allylic oxidation sites excluding steroid dienone is 1. The minimum atomic E-state index is -1.40. The average molecular weight is 935 g/mol. The van der Waals surface area contributed by atoms with Crippen LogP contribution >= 0.6 is 0 Å². The monoisotopic (exact) mass is 935 g/mol. The van der Waals surface area contributed by atoms with Gasteiger partial charge >= 0.3 is 6.09 Å². The highest BCUT2D eigenvalue weighted by Gasteiger charge is 2.65. The summed E-state index contributed by atoms with van der Waals surface area (Å²) >= 11 is 0. The molecule has 0 unspecified atom stereocenters. The molecule has 68 heavy (non-hydrogen) atoms. The Kier molecular flexibility index (Phi) is 21.5. The SMILES string of the molecule is C=CCO[C@@]12Oc3ccc(Oc4cccc(C=O)c4)cc3[C@H]3[C@H](CCCCO)[C@@H](CCCCO)C=C(C(=NOCc4ccccc4)C[C@@H]1N(CCC)C(=O)OCCCCCCCCCCCC)[C@H]32. The fourth-order valence-electron chi connectivity index (χ4n) is 10.7. The van der Waals surface area contributed by atoms with E-state index >= 15 is 0 Å². The summed E-state index contributed by atoms with van der Waals surface area (Å²) in [5.74, 6) is -0.210. The fourth-order valence-corrected chi connectivity index (χ4v) is 10.7. The van der Waals surface area contributed by atoms with E-state index in [1.165, 1.54) is 44.9 Å². The molecule has 6 atom stereocenters. The molecule has 1 aliphatic heterocycles. The number of fused-ring (bicyclic) bond motifs is 2. The molecule has 0 saturated heterocycles. The topological polar surface area (TPSA) is 136 Å². The van der Waals surface area contributed by atoms with Gasteiger partial charge in [0.15, 0.2) is 0 Å². The lowest BCUT2D eigenvalue weighted by Crippen LogP contribution is -2.70. The van der Waals surface area contributed by atoms with Crippen LogP contribution in [-0.4, -0.2) is 78.0 Å². The molecular formula is C57H78N2O9. The number of aldehydes is 1. The number of ether oxygens (including phenoxy) is 4. The number of carbonyl (C=O) groups is 2. The standard InChI is InChI=1S/C57H78N2O9/c1-4-7-8-9-10-11-12-13-14-22-36-64-56(63)59(32-5-2)53-40-51(58-66-42-43-24-16-15-17-25-43)49-38-45(27-18-20-33-60)48(29-19-21-34-61)54-50-39-47(67-46-28-23-26-44(37-46)41-62)30-31-52(50)68-57(53,55(49)54)65-35-6-3/h6,15-17,23-26,28,30-31,37-39,41,45,48,53-55,60-61H,3-5,7-14,18-22,27,29,32-36,40,42H2,1-2H3/t45-,48+,53-,54+,55+,57+/m0/s1. The molecule has 11 nitrogen and oxygen atoms in total. The molecule has 2 N–H and O–H groups in total. The number of carbonyl (C=O) groups excluding carboxylic acids is 2. The molecule has 2 aliphatic carbocycles. The number of oxime groups is 1. The van der Waals surface area contributed by atoms with E-state index in [-0.39, 0.29) is 50.6 Å². The zero-order valence-electron chi connectivity index (χ0n) is 40.9. The van der Waals surface area contributed by atoms with Crippen LogP contribution in [0.3, 0.4) is 0 Å². The normalized spacial score (nSPS) is 22.0. The van der Waals surface area contributed by atoms with Gasteiger partial charge in [0.1, 0.15) is 36.2 Å². The van der Waals surface area contributed by atoms with E-state index < -0.39 is 23.8 Å². The van der Waals surface area contributed by atoms with Crippen LogP contribution in [0.2, 0.25) is 0 Å². The minimum Gasteiger partial charge on any atom is -0.459 e. The first-order chi connectivity index (χ1) is 33.4. The molecule has 11 heteroatoms. The fraction of sp³-hybridized carbons (Fsp3) is 0.561. The molecule has 3 aromatic rings. The predicted octanol–water partition coefficient (Wildman–Crippen LogP) is 12.9. The smallest absolute Gasteiger partial charge is 0.410 e. The van der Waals surface area contributed by atoms with Crippen LogP contribution in [0.15, 0.2) is 102 Å². The van der Waals surface area contributed by atoms with Crippen molar-refractivity contribution < 1.29 is 43.6 Å². The Morgan fingerprint density at radius 3 is 2.26 bits per heavy atom. The van der Waals surface area contributed by atoms with Crippen molar-refractivity contribution >= 4 is 18.1 Å². The Bertz CT molecular complexity index is 2070. The maximum atomic E-state index is 14.7. The summed E-state index contributed by atoms with van der Waals surface area (Å²) in [6, 6.07) is 22.2. The van der Waals surface area contributed by atoms with Gasteiger partial charge in [-0.2, -0.15) is 0 Å². The van der Waals surface area contributed by atoms with E-state index in [0.717, 1.165) is 73.6 Å². The Morgan fingerprint density at radius 2 is 1.56 bits per heavy atom. The molecular weight excluding hydrogens is 857 g/mol. The molecule has 1 saturated carbocycles. The molecule has 0 bridgehead atoms. The summed E-state index contributed by atoms with van der Waals surface area (Å²) in [6.45, 7) is 9.74. The van der Waals surface area contributed by atoms with Gasteiger partial charge in [-0.05, 0) is 91.8 Å². The highest BCUT2D eigenvalue weighted by atomic mass is 16.7. The van der Waals surface area contributed by atoms with Crippen molar-refractivity contribution in [2.24, 2.45) is 22.9 Å². The summed E-state index contributed by atoms with van der Waals surface area (Å²) in [5.41, 5.74) is 4.13. The number of unbranched alkanes of at least 4 members (excludes halogenated alkanes) is 11. The number of hydrogen-bond donors (Lipinski definition) is 2. The molecule has 0 spiro atoms. The summed E-state index contributed by atoms with van der Waals surface area (Å²) in [5, 5.41) is 25.0. The van der Waals surface area contributed by atoms with Crippen molar-refractivity contribution in [3.05, 3.63) is 114 Å². The quantitative estimate of drug-likeness (QED) is 0.0280. The first-order valence-corrected chi connectivity index (χ1v) is 25.8. The highest BCUT2D eigenvalue weighted by Crippen LogP contribution is 2.62. The first-order valence-electron chi connectivity index (χ1n) is 25.8. The number of amides is 1. The molecule has 6 rings (SSSR count). The van der Waals surface area contributed by atoms with Crippen LogP contribution in [0, 0.1) is 17.8 Å². The van der Waals surface area contributed by atoms with Crippen LogP contribution in [0.5, 0.6) is 17.2 Å². The second-order valence-electron chi connectivity index (χ2n) is 18.8. The lowest BCUT2D eigenvalue weighted by Gasteiger charge is -2.59. The third kappa shape index (κ3) is 13.8. The van der Waals surface area contributed by atoms with Crippen LogP contribution in [0.1, 0.15) is 157 Å². The summed E-state index contributed by atoms with van der Waals surface area (Å²) in [4.78, 5) is 34.5. The van der Waals surface area contributed by atoms with Gasteiger partial charge in [0.2, 0.25) is 5.79 Å². The Hall–Kier alpha value is -4.97. The molecule has 0 aromatic heterocycles. The largest absolute Gasteiger partial charge is 0.459 e. The zero-order valence-corrected chi connectivity index (χ0v) is 40.9. The van der Waals surface area contributed by atoms with Crippen molar-refractivity contribution in [1.82, 2.24) is 4.90 Å². The van der Waals surface area contributed by atoms with Gasteiger partial charge in [-0.1, -0.05) is 144 Å². The van der Waals surface area contributed by atoms with Crippen LogP contribution in [0.25, 0.3) is 0 Å². The molecule has 0 radical (unpaired) electrons. The Balaban J connectivity index is 1.43. The van der Waals surface area contributed by atoms with E-state index in [0.29, 0.717) is 55.2 Å². The minimum absolute atomic E-state index is 0.0464. The summed E-state index contributed by atoms with van der Waals surface area (Å²) < 4.78 is 27.2. The van der Waals surface area contributed by atoms with Gasteiger partial charge in [0, 0.05) is 43.2 Å². The summed E-state index contributed by atoms with van der Waals surface area (Å²) in [7, 11) is 0. The maximum absolute atomic E-state index is 14.7. The predicted molar refractivity (Wildman–Crippen MR) is 268 cm³/mol. The van der Waals surface area contributed by atoms with Crippen molar-refractivity contribution in [3.63, 3.8) is 0 Å². The number of rotatable bonds is 31. The van der Waals surface area contributed by atoms with Gasteiger partial charge in [-0.15, -0.1) is 6.58 Å². The highest BCUT2D eigenvalue weighted by molar-refractivity contribution is 6.03. The molecule has 3 aliphatic rings. The lowest BCUT2D eigenvalue weighted by atomic mass is 9.55. The molecule has 1 fully saturated rings. The van der Waals surface area contributed by atoms with Gasteiger partial charge in [-0.25, -0.2) is 4.79 Å². The Labute approximate surface area is 405 Å². The van der Waals surface area contributed by atoms with Gasteiger partial charge < -0.3 is 34.0 Å². The van der Waals surface area contributed by atoms with Crippen LogP contribution < -0.4 is 9.47 Å². The number of nitrogens with zero attached hydrogens (tertiary/aromatic N) is 2.